The van der Waals surface area contributed by atoms with Crippen LogP contribution in [-0.2, 0) is 24.0 Å². The van der Waals surface area contributed by atoms with E-state index in [0.717, 1.165) is 29.7 Å². The molecule has 0 aromatic heterocycles. The number of likely N-dealkylation sites (tertiary alicyclic amines) is 1. The Balaban J connectivity index is 1.95. The highest BCUT2D eigenvalue weighted by molar-refractivity contribution is 6.37. The number of nitrogens with zero attached hydrogens (tertiary/aromatic N) is 2. The van der Waals surface area contributed by atoms with E-state index in [-0.39, 0.29) is 49.0 Å². The summed E-state index contributed by atoms with van der Waals surface area (Å²) in [5, 5.41) is 19.3. The molecule has 2 aliphatic rings. The molecule has 260 valence electrons. The number of aryl methyl sites for hydroxylation is 2. The first kappa shape index (κ1) is 37.5. The van der Waals surface area contributed by atoms with Gasteiger partial charge in [-0.1, -0.05) is 59.5 Å². The number of benzene rings is 1. The lowest BCUT2D eigenvalue weighted by Crippen LogP contribution is -2.59. The molecule has 1 aromatic rings. The van der Waals surface area contributed by atoms with E-state index in [1.165, 1.54) is 4.90 Å². The Labute approximate surface area is 278 Å². The SMILES string of the molecule is COc1c(C)cc(/C(C[C@H]2C[C@@H](C(=O)N[C@@H](CC3CC3)C(=O)C(N)=O)N(C(=O)[C@@H](NC(=O)CC(C)(C)C)C(C)(C)C)C2)=N/O)cc1C. The number of Topliss-reactive ketones (excluding diaryl/α,β-unsaturated/α-hetero) is 1. The summed E-state index contributed by atoms with van der Waals surface area (Å²) in [6, 6.07) is 0.688. The number of amides is 4. The molecular weight excluding hydrogens is 602 g/mol. The monoisotopic (exact) mass is 655 g/mol. The highest BCUT2D eigenvalue weighted by Gasteiger charge is 2.46. The van der Waals surface area contributed by atoms with Crippen LogP contribution < -0.4 is 21.1 Å². The van der Waals surface area contributed by atoms with Gasteiger partial charge in [0, 0.05) is 18.5 Å². The second-order valence-electron chi connectivity index (χ2n) is 15.6. The Morgan fingerprint density at radius 2 is 1.62 bits per heavy atom. The van der Waals surface area contributed by atoms with E-state index in [1.807, 2.05) is 67.5 Å². The molecule has 2 fully saturated rings. The van der Waals surface area contributed by atoms with E-state index >= 15 is 0 Å². The third-order valence-corrected chi connectivity index (χ3v) is 8.82. The fraction of sp³-hybridized carbons (Fsp3) is 0.657. The fourth-order valence-corrected chi connectivity index (χ4v) is 6.36. The van der Waals surface area contributed by atoms with Crippen LogP contribution in [0, 0.1) is 36.5 Å². The summed E-state index contributed by atoms with van der Waals surface area (Å²) in [4.78, 5) is 67.3. The normalized spacial score (nSPS) is 19.9. The zero-order chi connectivity index (χ0) is 35.4. The standard InChI is InChI=1S/C35H53N5O7/c1-19-12-23(13-20(2)29(19)47-9)24(39-46)15-22-16-26(32(44)37-25(14-21-10-11-21)28(42)31(36)43)40(18-22)33(45)30(35(6,7)8)38-27(41)17-34(3,4)5/h12-13,21-22,25-26,30,46H,10-11,14-18H2,1-9H3,(H2,36,43)(H,37,44)(H,38,41)/b39-24+/t22-,25-,26-,30+/m0/s1. The van der Waals surface area contributed by atoms with Crippen molar-refractivity contribution in [3.63, 3.8) is 0 Å². The van der Waals surface area contributed by atoms with Gasteiger partial charge in [0.15, 0.2) is 0 Å². The average Bonchev–Trinajstić information content (AvgIpc) is 3.67. The lowest BCUT2D eigenvalue weighted by Gasteiger charge is -2.36. The van der Waals surface area contributed by atoms with Crippen LogP contribution >= 0.6 is 0 Å². The number of ketones is 1. The van der Waals surface area contributed by atoms with Crippen LogP contribution in [-0.4, -0.2) is 77.0 Å². The van der Waals surface area contributed by atoms with Gasteiger partial charge >= 0.3 is 0 Å². The molecule has 0 bridgehead atoms. The molecule has 12 heteroatoms. The number of oxime groups is 1. The third kappa shape index (κ3) is 10.0. The van der Waals surface area contributed by atoms with Gasteiger partial charge in [-0.2, -0.15) is 0 Å². The van der Waals surface area contributed by atoms with Crippen LogP contribution in [0.2, 0.25) is 0 Å². The molecule has 4 amide bonds. The topological polar surface area (TPSA) is 180 Å². The summed E-state index contributed by atoms with van der Waals surface area (Å²) in [5.41, 5.74) is 7.11. The van der Waals surface area contributed by atoms with Gasteiger partial charge in [0.2, 0.25) is 23.5 Å². The Bertz CT molecular complexity index is 1380. The quantitative estimate of drug-likeness (QED) is 0.109. The lowest BCUT2D eigenvalue weighted by atomic mass is 9.84. The second-order valence-corrected chi connectivity index (χ2v) is 15.6. The molecular formula is C35H53N5O7. The van der Waals surface area contributed by atoms with Crippen molar-refractivity contribution < 1.29 is 33.9 Å². The van der Waals surface area contributed by atoms with Crippen molar-refractivity contribution in [2.75, 3.05) is 13.7 Å². The van der Waals surface area contributed by atoms with Gasteiger partial charge in [-0.15, -0.1) is 0 Å². The van der Waals surface area contributed by atoms with E-state index in [0.29, 0.717) is 17.7 Å². The zero-order valence-electron chi connectivity index (χ0n) is 29.4. The summed E-state index contributed by atoms with van der Waals surface area (Å²) in [5.74, 6) is -2.65. The minimum absolute atomic E-state index is 0.142. The minimum Gasteiger partial charge on any atom is -0.496 e. The molecule has 12 nitrogen and oxygen atoms in total. The molecule has 1 aliphatic carbocycles. The Morgan fingerprint density at radius 1 is 1.02 bits per heavy atom. The number of primary amides is 1. The van der Waals surface area contributed by atoms with Crippen molar-refractivity contribution in [2.24, 2.45) is 33.6 Å². The van der Waals surface area contributed by atoms with Crippen LogP contribution in [0.1, 0.15) is 96.8 Å². The smallest absolute Gasteiger partial charge is 0.287 e. The van der Waals surface area contributed by atoms with Gasteiger partial charge in [-0.25, -0.2) is 0 Å². The largest absolute Gasteiger partial charge is 0.496 e. The van der Waals surface area contributed by atoms with Crippen molar-refractivity contribution >= 4 is 35.1 Å². The predicted octanol–water partition coefficient (Wildman–Crippen LogP) is 3.40. The molecule has 4 atom stereocenters. The van der Waals surface area contributed by atoms with Crippen LogP contribution in [0.3, 0.4) is 0 Å². The van der Waals surface area contributed by atoms with Crippen molar-refractivity contribution in [3.8, 4) is 5.75 Å². The summed E-state index contributed by atoms with van der Waals surface area (Å²) in [6.45, 7) is 15.3. The number of hydrogen-bond donors (Lipinski definition) is 4. The summed E-state index contributed by atoms with van der Waals surface area (Å²) >= 11 is 0. The van der Waals surface area contributed by atoms with Gasteiger partial charge in [-0.3, -0.25) is 24.0 Å². The van der Waals surface area contributed by atoms with Gasteiger partial charge in [0.05, 0.1) is 18.9 Å². The van der Waals surface area contributed by atoms with Gasteiger partial charge in [0.1, 0.15) is 17.8 Å². The van der Waals surface area contributed by atoms with E-state index in [1.54, 1.807) is 7.11 Å². The van der Waals surface area contributed by atoms with Gasteiger partial charge in [0.25, 0.3) is 5.91 Å². The molecule has 5 N–H and O–H groups in total. The first-order valence-electron chi connectivity index (χ1n) is 16.4. The van der Waals surface area contributed by atoms with E-state index in [2.05, 4.69) is 15.8 Å². The molecule has 3 rings (SSSR count). The molecule has 0 spiro atoms. The maximum absolute atomic E-state index is 14.4. The summed E-state index contributed by atoms with van der Waals surface area (Å²) in [7, 11) is 1.59. The molecule has 1 aliphatic heterocycles. The first-order chi connectivity index (χ1) is 21.7. The molecule has 1 aromatic carbocycles. The number of rotatable bonds is 13. The number of hydrogen-bond acceptors (Lipinski definition) is 8. The molecule has 1 saturated carbocycles. The Hall–Kier alpha value is -3.96. The number of nitrogens with two attached hydrogens (primary N) is 1. The van der Waals surface area contributed by atoms with Crippen molar-refractivity contribution in [3.05, 3.63) is 28.8 Å². The maximum Gasteiger partial charge on any atom is 0.287 e. The summed E-state index contributed by atoms with van der Waals surface area (Å²) in [6.07, 6.45) is 2.74. The fourth-order valence-electron chi connectivity index (χ4n) is 6.36. The number of ether oxygens (including phenoxy) is 1. The van der Waals surface area contributed by atoms with Crippen molar-refractivity contribution in [1.29, 1.82) is 0 Å². The number of nitrogens with one attached hydrogen (secondary N) is 2. The molecule has 1 saturated heterocycles. The molecule has 47 heavy (non-hydrogen) atoms. The van der Waals surface area contributed by atoms with Crippen LogP contribution in [0.4, 0.5) is 0 Å². The number of methoxy groups -OCH3 is 1. The summed E-state index contributed by atoms with van der Waals surface area (Å²) < 4.78 is 5.48. The second kappa shape index (κ2) is 14.9. The zero-order valence-corrected chi connectivity index (χ0v) is 29.4. The van der Waals surface area contributed by atoms with E-state index in [9.17, 15) is 29.2 Å². The minimum atomic E-state index is -1.13. The lowest BCUT2D eigenvalue weighted by molar-refractivity contribution is -0.145. The first-order valence-corrected chi connectivity index (χ1v) is 16.4. The third-order valence-electron chi connectivity index (χ3n) is 8.82. The van der Waals surface area contributed by atoms with Crippen molar-refractivity contribution in [2.45, 2.75) is 112 Å². The maximum atomic E-state index is 14.4. The van der Waals surface area contributed by atoms with Gasteiger partial charge in [-0.05, 0) is 79.0 Å². The Morgan fingerprint density at radius 3 is 2.09 bits per heavy atom. The number of carbonyl (C=O) groups is 5. The van der Waals surface area contributed by atoms with Crippen molar-refractivity contribution in [1.82, 2.24) is 15.5 Å². The van der Waals surface area contributed by atoms with E-state index in [4.69, 9.17) is 10.5 Å². The highest BCUT2D eigenvalue weighted by atomic mass is 16.5. The van der Waals surface area contributed by atoms with Crippen LogP contribution in [0.5, 0.6) is 5.75 Å². The molecule has 1 heterocycles. The highest BCUT2D eigenvalue weighted by Crippen LogP contribution is 2.35. The van der Waals surface area contributed by atoms with E-state index < -0.39 is 47.0 Å². The molecule has 0 radical (unpaired) electrons. The predicted molar refractivity (Wildman–Crippen MR) is 178 cm³/mol. The van der Waals surface area contributed by atoms with Gasteiger partial charge < -0.3 is 31.2 Å². The van der Waals surface area contributed by atoms with Crippen LogP contribution in [0.25, 0.3) is 0 Å². The average molecular weight is 656 g/mol. The number of carbonyl (C=O) groups excluding carboxylic acids is 5. The Kier molecular flexibility index (Phi) is 11.9. The van der Waals surface area contributed by atoms with Crippen LogP contribution in [0.15, 0.2) is 17.3 Å². The molecule has 0 unspecified atom stereocenters.